The first-order valence-corrected chi connectivity index (χ1v) is 6.64. The van der Waals surface area contributed by atoms with Gasteiger partial charge in [0.2, 0.25) is 0 Å². The van der Waals surface area contributed by atoms with E-state index in [0.717, 1.165) is 15.6 Å². The normalized spacial score (nSPS) is 11.1. The van der Waals surface area contributed by atoms with Gasteiger partial charge in [-0.25, -0.2) is 9.97 Å². The molecule has 1 aromatic carbocycles. The summed E-state index contributed by atoms with van der Waals surface area (Å²) < 4.78 is 0.898. The third kappa shape index (κ3) is 2.23. The minimum atomic E-state index is 0.576. The fourth-order valence-corrected chi connectivity index (χ4v) is 2.56. The molecule has 0 aliphatic heterocycles. The molecular formula is C12H6BrCl2N3. The summed E-state index contributed by atoms with van der Waals surface area (Å²) in [5.41, 5.74) is 2.35. The predicted octanol–water partition coefficient (Wildman–Crippen LogP) is 4.69. The summed E-state index contributed by atoms with van der Waals surface area (Å²) in [4.78, 5) is 11.8. The van der Waals surface area contributed by atoms with Crippen molar-refractivity contribution in [3.05, 3.63) is 45.0 Å². The van der Waals surface area contributed by atoms with Gasteiger partial charge >= 0.3 is 0 Å². The third-order valence-corrected chi connectivity index (χ3v) is 3.31. The quantitative estimate of drug-likeness (QED) is 0.696. The molecule has 2 aromatic heterocycles. The molecular weight excluding hydrogens is 337 g/mol. The van der Waals surface area contributed by atoms with Gasteiger partial charge in [-0.3, -0.25) is 0 Å². The highest BCUT2D eigenvalue weighted by Gasteiger charge is 2.08. The molecule has 90 valence electrons. The van der Waals surface area contributed by atoms with Crippen LogP contribution in [0.15, 0.2) is 34.9 Å². The van der Waals surface area contributed by atoms with Gasteiger partial charge in [-0.2, -0.15) is 0 Å². The molecule has 0 aliphatic rings. The minimum Gasteiger partial charge on any atom is -0.337 e. The maximum atomic E-state index is 5.97. The average molecular weight is 343 g/mol. The van der Waals surface area contributed by atoms with Crippen molar-refractivity contribution in [3.63, 3.8) is 0 Å². The summed E-state index contributed by atoms with van der Waals surface area (Å²) >= 11 is 15.3. The molecule has 3 rings (SSSR count). The molecule has 3 aromatic rings. The van der Waals surface area contributed by atoms with Gasteiger partial charge in [-0.1, -0.05) is 23.2 Å². The van der Waals surface area contributed by atoms with E-state index in [9.17, 15) is 0 Å². The molecule has 0 bridgehead atoms. The van der Waals surface area contributed by atoms with Crippen LogP contribution in [-0.4, -0.2) is 15.0 Å². The van der Waals surface area contributed by atoms with Crippen molar-refractivity contribution in [1.29, 1.82) is 0 Å². The zero-order valence-electron chi connectivity index (χ0n) is 8.92. The Morgan fingerprint density at radius 1 is 1.06 bits per heavy atom. The smallest absolute Gasteiger partial charge is 0.178 e. The number of aromatic nitrogens is 3. The first-order chi connectivity index (χ1) is 8.61. The van der Waals surface area contributed by atoms with Crippen LogP contribution in [0.4, 0.5) is 0 Å². The Hall–Kier alpha value is -1.10. The summed E-state index contributed by atoms with van der Waals surface area (Å²) in [6.07, 6.45) is 1.71. The standard InChI is InChI=1S/C12H6BrCl2N3/c13-7-3-10-12(16-5-7)18-11(17-10)6-1-8(14)4-9(15)2-6/h1-5H,(H,16,17,18). The lowest BCUT2D eigenvalue weighted by atomic mass is 10.2. The highest BCUT2D eigenvalue weighted by Crippen LogP contribution is 2.27. The van der Waals surface area contributed by atoms with Gasteiger partial charge in [0.1, 0.15) is 5.82 Å². The van der Waals surface area contributed by atoms with Gasteiger partial charge in [-0.05, 0) is 40.2 Å². The van der Waals surface area contributed by atoms with E-state index in [1.54, 1.807) is 24.4 Å². The van der Waals surface area contributed by atoms with Crippen LogP contribution in [0.2, 0.25) is 10.0 Å². The summed E-state index contributed by atoms with van der Waals surface area (Å²) in [6.45, 7) is 0. The van der Waals surface area contributed by atoms with Crippen molar-refractivity contribution >= 4 is 50.3 Å². The molecule has 18 heavy (non-hydrogen) atoms. The fourth-order valence-electron chi connectivity index (χ4n) is 1.70. The van der Waals surface area contributed by atoms with Gasteiger partial charge in [0, 0.05) is 26.3 Å². The number of hydrogen-bond donors (Lipinski definition) is 1. The predicted molar refractivity (Wildman–Crippen MR) is 77.0 cm³/mol. The number of pyridine rings is 1. The van der Waals surface area contributed by atoms with E-state index in [4.69, 9.17) is 23.2 Å². The van der Waals surface area contributed by atoms with Crippen molar-refractivity contribution in [2.45, 2.75) is 0 Å². The average Bonchev–Trinajstić information content (AvgIpc) is 2.70. The van der Waals surface area contributed by atoms with Gasteiger partial charge in [0.05, 0.1) is 5.52 Å². The number of nitrogens with one attached hydrogen (secondary N) is 1. The van der Waals surface area contributed by atoms with Crippen LogP contribution in [0.1, 0.15) is 0 Å². The second-order valence-electron chi connectivity index (χ2n) is 3.77. The lowest BCUT2D eigenvalue weighted by molar-refractivity contribution is 1.30. The Kier molecular flexibility index (Phi) is 3.01. The summed E-state index contributed by atoms with van der Waals surface area (Å²) in [5.74, 6) is 0.694. The highest BCUT2D eigenvalue weighted by atomic mass is 79.9. The van der Waals surface area contributed by atoms with Crippen LogP contribution in [0.3, 0.4) is 0 Å². The number of hydrogen-bond acceptors (Lipinski definition) is 2. The summed E-state index contributed by atoms with van der Waals surface area (Å²) in [6, 6.07) is 7.22. The molecule has 2 heterocycles. The topological polar surface area (TPSA) is 41.6 Å². The number of aromatic amines is 1. The van der Waals surface area contributed by atoms with E-state index >= 15 is 0 Å². The number of fused-ring (bicyclic) bond motifs is 1. The van der Waals surface area contributed by atoms with Crippen LogP contribution < -0.4 is 0 Å². The van der Waals surface area contributed by atoms with Crippen molar-refractivity contribution < 1.29 is 0 Å². The Balaban J connectivity index is 2.19. The first-order valence-electron chi connectivity index (χ1n) is 5.09. The lowest BCUT2D eigenvalue weighted by Gasteiger charge is -1.98. The maximum absolute atomic E-state index is 5.97. The molecule has 0 saturated heterocycles. The number of nitrogens with zero attached hydrogens (tertiary/aromatic N) is 2. The molecule has 0 amide bonds. The molecule has 0 spiro atoms. The van der Waals surface area contributed by atoms with E-state index < -0.39 is 0 Å². The molecule has 0 fully saturated rings. The summed E-state index contributed by atoms with van der Waals surface area (Å²) in [7, 11) is 0. The molecule has 0 atom stereocenters. The number of halogens is 3. The van der Waals surface area contributed by atoms with Gasteiger partial charge in [0.25, 0.3) is 0 Å². The first kappa shape index (κ1) is 12.0. The highest BCUT2D eigenvalue weighted by molar-refractivity contribution is 9.10. The van der Waals surface area contributed by atoms with Crippen molar-refractivity contribution in [2.75, 3.05) is 0 Å². The van der Waals surface area contributed by atoms with E-state index in [1.165, 1.54) is 0 Å². The number of imidazole rings is 1. The van der Waals surface area contributed by atoms with Gasteiger partial charge in [0.15, 0.2) is 5.65 Å². The van der Waals surface area contributed by atoms with Gasteiger partial charge in [-0.15, -0.1) is 0 Å². The molecule has 1 N–H and O–H groups in total. The lowest BCUT2D eigenvalue weighted by Crippen LogP contribution is -1.80. The maximum Gasteiger partial charge on any atom is 0.178 e. The van der Waals surface area contributed by atoms with Crippen LogP contribution in [0.5, 0.6) is 0 Å². The molecule has 0 unspecified atom stereocenters. The summed E-state index contributed by atoms with van der Waals surface area (Å²) in [5, 5.41) is 1.15. The SMILES string of the molecule is Clc1cc(Cl)cc(-c2nc3ncc(Br)cc3[nH]2)c1. The molecule has 6 heteroatoms. The number of rotatable bonds is 1. The van der Waals surface area contributed by atoms with E-state index in [2.05, 4.69) is 30.9 Å². The van der Waals surface area contributed by atoms with Crippen molar-refractivity contribution in [1.82, 2.24) is 15.0 Å². The Morgan fingerprint density at radius 2 is 1.78 bits per heavy atom. The van der Waals surface area contributed by atoms with Gasteiger partial charge < -0.3 is 4.98 Å². The second-order valence-corrected chi connectivity index (χ2v) is 5.56. The van der Waals surface area contributed by atoms with E-state index in [1.807, 2.05) is 6.07 Å². The van der Waals surface area contributed by atoms with Crippen LogP contribution in [0.25, 0.3) is 22.6 Å². The van der Waals surface area contributed by atoms with E-state index in [0.29, 0.717) is 21.5 Å². The van der Waals surface area contributed by atoms with Crippen molar-refractivity contribution in [2.24, 2.45) is 0 Å². The molecule has 0 saturated carbocycles. The Bertz CT molecular complexity index is 719. The zero-order valence-corrected chi connectivity index (χ0v) is 12.0. The largest absolute Gasteiger partial charge is 0.337 e. The Morgan fingerprint density at radius 3 is 2.50 bits per heavy atom. The second kappa shape index (κ2) is 4.53. The third-order valence-electron chi connectivity index (χ3n) is 2.44. The Labute approximate surface area is 121 Å². The molecule has 0 radical (unpaired) electrons. The fraction of sp³-hybridized carbons (Fsp3) is 0. The van der Waals surface area contributed by atoms with Crippen LogP contribution in [-0.2, 0) is 0 Å². The number of H-pyrrole nitrogens is 1. The molecule has 0 aliphatic carbocycles. The molecule has 3 nitrogen and oxygen atoms in total. The zero-order chi connectivity index (χ0) is 12.7. The van der Waals surface area contributed by atoms with Crippen LogP contribution in [0, 0.1) is 0 Å². The number of benzene rings is 1. The van der Waals surface area contributed by atoms with Crippen molar-refractivity contribution in [3.8, 4) is 11.4 Å². The monoisotopic (exact) mass is 341 g/mol. The van der Waals surface area contributed by atoms with E-state index in [-0.39, 0.29) is 0 Å². The minimum absolute atomic E-state index is 0.576. The van der Waals surface area contributed by atoms with Crippen LogP contribution >= 0.6 is 39.1 Å².